The van der Waals surface area contributed by atoms with Crippen LogP contribution in [0, 0.1) is 0 Å². The number of nitrogen functional groups attached to an aromatic ring is 1. The summed E-state index contributed by atoms with van der Waals surface area (Å²) in [6, 6.07) is 0. The van der Waals surface area contributed by atoms with Gasteiger partial charge in [0.1, 0.15) is 5.82 Å². The summed E-state index contributed by atoms with van der Waals surface area (Å²) in [7, 11) is 0. The lowest BCUT2D eigenvalue weighted by atomic mass is 10.2. The molecule has 17 heavy (non-hydrogen) atoms. The minimum Gasteiger partial charge on any atom is -0.369 e. The second kappa shape index (κ2) is 6.10. The van der Waals surface area contributed by atoms with Crippen LogP contribution in [0.3, 0.4) is 0 Å². The first-order chi connectivity index (χ1) is 7.92. The smallest absolute Gasteiger partial charge is 0.221 e. The Hall–Kier alpha value is -0.970. The van der Waals surface area contributed by atoms with Gasteiger partial charge in [0.15, 0.2) is 0 Å². The van der Waals surface area contributed by atoms with E-state index in [0.29, 0.717) is 10.7 Å². The van der Waals surface area contributed by atoms with E-state index < -0.39 is 0 Å². The van der Waals surface area contributed by atoms with Crippen LogP contribution in [0.2, 0.25) is 0 Å². The van der Waals surface area contributed by atoms with Crippen LogP contribution < -0.4 is 11.1 Å². The summed E-state index contributed by atoms with van der Waals surface area (Å²) in [4.78, 5) is 8.22. The van der Waals surface area contributed by atoms with Gasteiger partial charge in [-0.15, -0.1) is 0 Å². The Labute approximate surface area is 108 Å². The monoisotopic (exact) mass is 254 g/mol. The molecule has 1 aromatic rings. The number of aromatic nitrogens is 2. The molecule has 0 unspecified atom stereocenters. The normalized spacial score (nSPS) is 11.5. The molecule has 1 rings (SSSR count). The maximum atomic E-state index is 5.59. The first kappa shape index (κ1) is 14.1. The molecule has 0 saturated carbocycles. The van der Waals surface area contributed by atoms with Gasteiger partial charge < -0.3 is 11.1 Å². The van der Waals surface area contributed by atoms with Crippen molar-refractivity contribution in [3.05, 3.63) is 11.8 Å². The number of rotatable bonds is 5. The molecule has 0 amide bonds. The largest absolute Gasteiger partial charge is 0.369 e. The number of hydrogen-bond acceptors (Lipinski definition) is 5. The van der Waals surface area contributed by atoms with E-state index in [2.05, 4.69) is 43.0 Å². The van der Waals surface area contributed by atoms with Crippen LogP contribution in [-0.2, 0) is 6.42 Å². The van der Waals surface area contributed by atoms with E-state index >= 15 is 0 Å². The number of anilines is 2. The van der Waals surface area contributed by atoms with Gasteiger partial charge in [0.05, 0.1) is 0 Å². The predicted octanol–water partition coefficient (Wildman–Crippen LogP) is 2.56. The summed E-state index contributed by atoms with van der Waals surface area (Å²) < 4.78 is 0.306. The third-order valence-electron chi connectivity index (χ3n) is 2.19. The van der Waals surface area contributed by atoms with Gasteiger partial charge in [-0.1, -0.05) is 27.7 Å². The van der Waals surface area contributed by atoms with Crippen LogP contribution in [0.15, 0.2) is 6.20 Å². The van der Waals surface area contributed by atoms with Gasteiger partial charge >= 0.3 is 0 Å². The lowest BCUT2D eigenvalue weighted by Crippen LogP contribution is -2.14. The number of thioether (sulfide) groups is 1. The Morgan fingerprint density at radius 1 is 1.41 bits per heavy atom. The molecular weight excluding hydrogens is 232 g/mol. The number of nitrogens with two attached hydrogens (primary N) is 1. The van der Waals surface area contributed by atoms with Gasteiger partial charge in [-0.2, -0.15) is 16.7 Å². The van der Waals surface area contributed by atoms with Crippen LogP contribution in [0.5, 0.6) is 0 Å². The fraction of sp³-hybridized carbons (Fsp3) is 0.667. The van der Waals surface area contributed by atoms with Crippen LogP contribution in [-0.4, -0.2) is 27.0 Å². The van der Waals surface area contributed by atoms with Crippen molar-refractivity contribution in [2.24, 2.45) is 0 Å². The molecule has 1 heterocycles. The standard InChI is InChI=1S/C12H22N4S/c1-5-9-8-15-11(13)16-10(9)14-6-7-17-12(2,3)4/h8H,5-7H2,1-4H3,(H3,13,14,15,16). The van der Waals surface area contributed by atoms with Crippen molar-refractivity contribution >= 4 is 23.5 Å². The average molecular weight is 254 g/mol. The van der Waals surface area contributed by atoms with Gasteiger partial charge in [0.25, 0.3) is 0 Å². The van der Waals surface area contributed by atoms with Crippen molar-refractivity contribution in [3.8, 4) is 0 Å². The highest BCUT2D eigenvalue weighted by Crippen LogP contribution is 2.22. The molecule has 1 aromatic heterocycles. The van der Waals surface area contributed by atoms with Crippen molar-refractivity contribution in [2.75, 3.05) is 23.3 Å². The topological polar surface area (TPSA) is 63.8 Å². The van der Waals surface area contributed by atoms with Crippen molar-refractivity contribution in [1.29, 1.82) is 0 Å². The molecule has 0 aromatic carbocycles. The quantitative estimate of drug-likeness (QED) is 0.791. The number of nitrogens with one attached hydrogen (secondary N) is 1. The second-order valence-corrected chi connectivity index (χ2v) is 6.76. The fourth-order valence-corrected chi connectivity index (χ4v) is 2.18. The molecule has 0 atom stereocenters. The molecule has 0 aliphatic rings. The highest BCUT2D eigenvalue weighted by Gasteiger charge is 2.10. The Bertz CT molecular complexity index is 360. The predicted molar refractivity (Wildman–Crippen MR) is 76.5 cm³/mol. The van der Waals surface area contributed by atoms with Gasteiger partial charge in [0, 0.05) is 28.8 Å². The number of aryl methyl sites for hydroxylation is 1. The fourth-order valence-electron chi connectivity index (χ4n) is 1.36. The van der Waals surface area contributed by atoms with Crippen LogP contribution in [0.25, 0.3) is 0 Å². The molecule has 3 N–H and O–H groups in total. The maximum absolute atomic E-state index is 5.59. The summed E-state index contributed by atoms with van der Waals surface area (Å²) in [6.07, 6.45) is 2.70. The Kier molecular flexibility index (Phi) is 5.05. The summed E-state index contributed by atoms with van der Waals surface area (Å²) in [5.41, 5.74) is 6.70. The highest BCUT2D eigenvalue weighted by molar-refractivity contribution is 8.00. The minimum atomic E-state index is 0.306. The number of nitrogens with zero attached hydrogens (tertiary/aromatic N) is 2. The van der Waals surface area contributed by atoms with Gasteiger partial charge in [-0.05, 0) is 6.42 Å². The van der Waals surface area contributed by atoms with Crippen LogP contribution >= 0.6 is 11.8 Å². The van der Waals surface area contributed by atoms with Crippen molar-refractivity contribution in [1.82, 2.24) is 9.97 Å². The zero-order chi connectivity index (χ0) is 12.9. The lowest BCUT2D eigenvalue weighted by molar-refractivity contribution is 0.802. The molecule has 0 aliphatic heterocycles. The third-order valence-corrected chi connectivity index (χ3v) is 3.47. The third kappa shape index (κ3) is 5.26. The van der Waals surface area contributed by atoms with E-state index in [9.17, 15) is 0 Å². The number of hydrogen-bond donors (Lipinski definition) is 2. The molecular formula is C12H22N4S. The first-order valence-electron chi connectivity index (χ1n) is 5.91. The Morgan fingerprint density at radius 3 is 2.71 bits per heavy atom. The summed E-state index contributed by atoms with van der Waals surface area (Å²) >= 11 is 1.93. The van der Waals surface area contributed by atoms with Crippen molar-refractivity contribution < 1.29 is 0 Å². The van der Waals surface area contributed by atoms with E-state index in [4.69, 9.17) is 5.73 Å². The highest BCUT2D eigenvalue weighted by atomic mass is 32.2. The molecule has 0 saturated heterocycles. The van der Waals surface area contributed by atoms with Crippen molar-refractivity contribution in [2.45, 2.75) is 38.9 Å². The first-order valence-corrected chi connectivity index (χ1v) is 6.90. The summed E-state index contributed by atoms with van der Waals surface area (Å²) in [5, 5.41) is 3.33. The molecule has 0 radical (unpaired) electrons. The Morgan fingerprint density at radius 2 is 2.12 bits per heavy atom. The zero-order valence-electron chi connectivity index (χ0n) is 11.1. The minimum absolute atomic E-state index is 0.306. The maximum Gasteiger partial charge on any atom is 0.221 e. The van der Waals surface area contributed by atoms with E-state index in [1.165, 1.54) is 0 Å². The molecule has 0 fully saturated rings. The van der Waals surface area contributed by atoms with Gasteiger partial charge in [0.2, 0.25) is 5.95 Å². The van der Waals surface area contributed by atoms with Crippen LogP contribution in [0.1, 0.15) is 33.3 Å². The average Bonchev–Trinajstić information content (AvgIpc) is 2.23. The zero-order valence-corrected chi connectivity index (χ0v) is 11.9. The van der Waals surface area contributed by atoms with E-state index in [1.807, 2.05) is 11.8 Å². The SMILES string of the molecule is CCc1cnc(N)nc1NCCSC(C)(C)C. The lowest BCUT2D eigenvalue weighted by Gasteiger charge is -2.18. The molecule has 0 bridgehead atoms. The van der Waals surface area contributed by atoms with Crippen LogP contribution in [0.4, 0.5) is 11.8 Å². The molecule has 96 valence electrons. The second-order valence-electron chi connectivity index (χ2n) is 4.84. The summed E-state index contributed by atoms with van der Waals surface area (Å²) in [5.74, 6) is 2.25. The van der Waals surface area contributed by atoms with Crippen molar-refractivity contribution in [3.63, 3.8) is 0 Å². The van der Waals surface area contributed by atoms with E-state index in [1.54, 1.807) is 6.20 Å². The molecule has 4 nitrogen and oxygen atoms in total. The van der Waals surface area contributed by atoms with Gasteiger partial charge in [-0.25, -0.2) is 4.98 Å². The molecule has 0 spiro atoms. The van der Waals surface area contributed by atoms with E-state index in [-0.39, 0.29) is 0 Å². The summed E-state index contributed by atoms with van der Waals surface area (Å²) in [6.45, 7) is 9.64. The molecule has 0 aliphatic carbocycles. The van der Waals surface area contributed by atoms with Gasteiger partial charge in [-0.3, -0.25) is 0 Å². The Balaban J connectivity index is 2.48. The van der Waals surface area contributed by atoms with E-state index in [0.717, 1.165) is 30.1 Å². The molecule has 5 heteroatoms.